The van der Waals surface area contributed by atoms with Crippen LogP contribution in [0, 0.1) is 0 Å². The Balaban J connectivity index is 2.64. The molecule has 0 aliphatic carbocycles. The number of benzene rings is 2. The number of ketones is 1. The first-order chi connectivity index (χ1) is 11.4. The van der Waals surface area contributed by atoms with Gasteiger partial charge in [0.1, 0.15) is 5.75 Å². The highest BCUT2D eigenvalue weighted by molar-refractivity contribution is 9.09. The number of hydrogen-bond acceptors (Lipinski definition) is 2. The molecule has 0 aliphatic rings. The first-order valence-electron chi connectivity index (χ1n) is 8.52. The quantitative estimate of drug-likeness (QED) is 0.487. The Labute approximate surface area is 159 Å². The van der Waals surface area contributed by atoms with Crippen LogP contribution in [0.5, 0.6) is 5.75 Å². The first kappa shape index (κ1) is 19.7. The largest absolute Gasteiger partial charge is 0.508 e. The lowest BCUT2D eigenvalue weighted by Crippen LogP contribution is -2.17. The fourth-order valence-electron chi connectivity index (χ4n) is 2.98. The number of hydrogen-bond donors (Lipinski definition) is 1. The van der Waals surface area contributed by atoms with E-state index in [0.717, 1.165) is 27.8 Å². The minimum absolute atomic E-state index is 0.0950. The molecule has 0 radical (unpaired) electrons. The van der Waals surface area contributed by atoms with Gasteiger partial charge in [0, 0.05) is 5.56 Å². The third-order valence-corrected chi connectivity index (χ3v) is 4.90. The first-order valence-corrected chi connectivity index (χ1v) is 9.65. The van der Waals surface area contributed by atoms with Crippen molar-refractivity contribution in [2.24, 2.45) is 0 Å². The van der Waals surface area contributed by atoms with Gasteiger partial charge in [-0.05, 0) is 51.3 Å². The van der Waals surface area contributed by atoms with E-state index in [2.05, 4.69) is 63.5 Å². The van der Waals surface area contributed by atoms with Gasteiger partial charge >= 0.3 is 0 Å². The molecule has 0 saturated heterocycles. The fourth-order valence-corrected chi connectivity index (χ4v) is 3.28. The summed E-state index contributed by atoms with van der Waals surface area (Å²) in [5, 5.41) is 10.5. The molecule has 0 aliphatic heterocycles. The van der Waals surface area contributed by atoms with Gasteiger partial charge in [0.2, 0.25) is 0 Å². The van der Waals surface area contributed by atoms with E-state index in [4.69, 9.17) is 0 Å². The number of carbonyl (C=O) groups excluding carboxylic acids is 1. The summed E-state index contributed by atoms with van der Waals surface area (Å²) in [6, 6.07) is 11.7. The summed E-state index contributed by atoms with van der Waals surface area (Å²) in [5.41, 5.74) is 4.56. The van der Waals surface area contributed by atoms with Crippen LogP contribution in [0.25, 0.3) is 11.1 Å². The maximum absolute atomic E-state index is 12.3. The number of halogens is 1. The second-order valence-electron chi connectivity index (χ2n) is 8.55. The van der Waals surface area contributed by atoms with E-state index in [1.54, 1.807) is 6.07 Å². The molecule has 0 saturated carbocycles. The lowest BCUT2D eigenvalue weighted by atomic mass is 9.80. The van der Waals surface area contributed by atoms with Crippen molar-refractivity contribution >= 4 is 21.7 Å². The number of rotatable bonds is 3. The smallest absolute Gasteiger partial charge is 0.173 e. The lowest BCUT2D eigenvalue weighted by molar-refractivity contribution is 0.102. The predicted molar refractivity (Wildman–Crippen MR) is 109 cm³/mol. The highest BCUT2D eigenvalue weighted by atomic mass is 79.9. The molecular weight excluding hydrogens is 376 g/mol. The van der Waals surface area contributed by atoms with E-state index in [1.807, 2.05) is 24.3 Å². The Morgan fingerprint density at radius 2 is 1.36 bits per heavy atom. The number of phenolic OH excluding ortho intramolecular Hbond substituents is 1. The monoisotopic (exact) mass is 402 g/mol. The van der Waals surface area contributed by atoms with Crippen molar-refractivity contribution in [3.63, 3.8) is 0 Å². The van der Waals surface area contributed by atoms with Crippen LogP contribution >= 0.6 is 15.9 Å². The third kappa shape index (κ3) is 4.33. The zero-order valence-electron chi connectivity index (χ0n) is 15.9. The Bertz CT molecular complexity index is 793. The van der Waals surface area contributed by atoms with Crippen LogP contribution in [0.1, 0.15) is 63.0 Å². The highest BCUT2D eigenvalue weighted by Gasteiger charge is 2.23. The molecular formula is C22H27BrO2. The molecule has 0 heterocycles. The number of Topliss-reactive ketones (excluding diaryl/α,β-unsaturated/α-hetero) is 1. The minimum Gasteiger partial charge on any atom is -0.508 e. The van der Waals surface area contributed by atoms with Crippen molar-refractivity contribution in [1.29, 1.82) is 0 Å². The van der Waals surface area contributed by atoms with Crippen LogP contribution in [0.3, 0.4) is 0 Å². The second-order valence-corrected chi connectivity index (χ2v) is 9.11. The Morgan fingerprint density at radius 1 is 0.880 bits per heavy atom. The molecule has 2 rings (SSSR count). The van der Waals surface area contributed by atoms with Crippen LogP contribution in [0.4, 0.5) is 0 Å². The van der Waals surface area contributed by atoms with Crippen LogP contribution in [0.2, 0.25) is 0 Å². The number of carbonyl (C=O) groups is 1. The van der Waals surface area contributed by atoms with Crippen LogP contribution < -0.4 is 0 Å². The number of aromatic hydroxyl groups is 1. The molecule has 2 nitrogen and oxygen atoms in total. The van der Waals surface area contributed by atoms with Gasteiger partial charge in [0.15, 0.2) is 5.78 Å². The normalized spacial score (nSPS) is 12.3. The van der Waals surface area contributed by atoms with Crippen LogP contribution in [-0.4, -0.2) is 16.2 Å². The zero-order chi connectivity index (χ0) is 19.0. The van der Waals surface area contributed by atoms with E-state index >= 15 is 0 Å². The van der Waals surface area contributed by atoms with Gasteiger partial charge in [0.25, 0.3) is 0 Å². The third-order valence-electron chi connectivity index (χ3n) is 4.39. The lowest BCUT2D eigenvalue weighted by Gasteiger charge is -2.24. The molecule has 0 fully saturated rings. The number of phenols is 1. The van der Waals surface area contributed by atoms with Crippen molar-refractivity contribution < 1.29 is 9.90 Å². The van der Waals surface area contributed by atoms with E-state index in [-0.39, 0.29) is 16.6 Å². The predicted octanol–water partition coefficient (Wildman–Crippen LogP) is 6.23. The summed E-state index contributed by atoms with van der Waals surface area (Å²) in [6.07, 6.45) is 0. The maximum atomic E-state index is 12.3. The molecule has 1 N–H and O–H groups in total. The molecule has 0 aromatic heterocycles. The zero-order valence-corrected chi connectivity index (χ0v) is 17.5. The van der Waals surface area contributed by atoms with Gasteiger partial charge in [-0.3, -0.25) is 4.79 Å². The highest BCUT2D eigenvalue weighted by Crippen LogP contribution is 2.36. The molecule has 0 bridgehead atoms. The molecule has 0 amide bonds. The second kappa shape index (κ2) is 6.95. The molecule has 0 atom stereocenters. The summed E-state index contributed by atoms with van der Waals surface area (Å²) < 4.78 is 0. The van der Waals surface area contributed by atoms with Crippen molar-refractivity contribution in [3.8, 4) is 16.9 Å². The van der Waals surface area contributed by atoms with E-state index in [1.165, 1.54) is 0 Å². The maximum Gasteiger partial charge on any atom is 0.173 e. The van der Waals surface area contributed by atoms with Crippen molar-refractivity contribution in [2.45, 2.75) is 52.4 Å². The summed E-state index contributed by atoms with van der Waals surface area (Å²) in [4.78, 5) is 12.3. The molecule has 25 heavy (non-hydrogen) atoms. The molecule has 2 aromatic rings. The summed E-state index contributed by atoms with van der Waals surface area (Å²) >= 11 is 3.28. The number of alkyl halides is 1. The molecule has 0 unspecified atom stereocenters. The van der Waals surface area contributed by atoms with E-state index < -0.39 is 0 Å². The Morgan fingerprint density at radius 3 is 1.84 bits per heavy atom. The van der Waals surface area contributed by atoms with Crippen LogP contribution in [-0.2, 0) is 10.8 Å². The SMILES string of the molecule is CC(C)(C)c1cc(-c2ccc(C(=O)CBr)c(C(C)(C)C)c2)ccc1O. The van der Waals surface area contributed by atoms with Gasteiger partial charge in [-0.1, -0.05) is 75.7 Å². The van der Waals surface area contributed by atoms with Gasteiger partial charge in [0.05, 0.1) is 5.33 Å². The van der Waals surface area contributed by atoms with Gasteiger partial charge < -0.3 is 5.11 Å². The van der Waals surface area contributed by atoms with Gasteiger partial charge in [-0.15, -0.1) is 0 Å². The average Bonchev–Trinajstić information content (AvgIpc) is 2.52. The van der Waals surface area contributed by atoms with E-state index in [0.29, 0.717) is 11.1 Å². The van der Waals surface area contributed by atoms with Crippen molar-refractivity contribution in [3.05, 3.63) is 53.1 Å². The van der Waals surface area contributed by atoms with Crippen LogP contribution in [0.15, 0.2) is 36.4 Å². The Hall–Kier alpha value is -1.61. The molecule has 2 aromatic carbocycles. The fraction of sp³-hybridized carbons (Fsp3) is 0.409. The van der Waals surface area contributed by atoms with Crippen molar-refractivity contribution in [2.75, 3.05) is 5.33 Å². The summed E-state index contributed by atoms with van der Waals surface area (Å²) in [6.45, 7) is 12.6. The van der Waals surface area contributed by atoms with Crippen molar-refractivity contribution in [1.82, 2.24) is 0 Å². The molecule has 0 spiro atoms. The summed E-state index contributed by atoms with van der Waals surface area (Å²) in [5.74, 6) is 0.413. The van der Waals surface area contributed by atoms with Gasteiger partial charge in [-0.2, -0.15) is 0 Å². The Kier molecular flexibility index (Phi) is 5.48. The summed E-state index contributed by atoms with van der Waals surface area (Å²) in [7, 11) is 0. The molecule has 134 valence electrons. The topological polar surface area (TPSA) is 37.3 Å². The standard InChI is InChI=1S/C22H27BrO2/c1-21(2,3)17-11-14(7-9-16(17)20(25)13-23)15-8-10-19(24)18(12-15)22(4,5)6/h7-12,24H,13H2,1-6H3. The van der Waals surface area contributed by atoms with E-state index in [9.17, 15) is 9.90 Å². The molecule has 3 heteroatoms. The minimum atomic E-state index is -0.140. The van der Waals surface area contributed by atoms with Gasteiger partial charge in [-0.25, -0.2) is 0 Å². The average molecular weight is 403 g/mol.